The molecule has 1 amide bonds. The molecule has 3 N–H and O–H groups in total. The van der Waals surface area contributed by atoms with E-state index in [0.717, 1.165) is 0 Å². The predicted molar refractivity (Wildman–Crippen MR) is 57.7 cm³/mol. The molecule has 0 radical (unpaired) electrons. The molecule has 0 aliphatic rings. The smallest absolute Gasteiger partial charge is 0.241 e. The summed E-state index contributed by atoms with van der Waals surface area (Å²) in [4.78, 5) is 11.3. The van der Waals surface area contributed by atoms with Gasteiger partial charge in [0.15, 0.2) is 0 Å². The van der Waals surface area contributed by atoms with E-state index in [2.05, 4.69) is 22.3 Å². The molecule has 0 fully saturated rings. The van der Waals surface area contributed by atoms with Crippen LogP contribution in [0, 0.1) is 11.8 Å². The van der Waals surface area contributed by atoms with Gasteiger partial charge in [0.1, 0.15) is 6.54 Å². The highest BCUT2D eigenvalue weighted by Crippen LogP contribution is 1.96. The summed E-state index contributed by atoms with van der Waals surface area (Å²) >= 11 is 0. The maximum atomic E-state index is 11.3. The third-order valence-corrected chi connectivity index (χ3v) is 1.71. The molecule has 80 valence electrons. The predicted octanol–water partition coefficient (Wildman–Crippen LogP) is -0.00510. The maximum Gasteiger partial charge on any atom is 0.241 e. The van der Waals surface area contributed by atoms with E-state index in [-0.39, 0.29) is 12.5 Å². The number of carbonyl (C=O) groups is 1. The summed E-state index contributed by atoms with van der Waals surface area (Å²) in [5, 5.41) is 6.64. The molecule has 0 spiro atoms. The van der Waals surface area contributed by atoms with Crippen LogP contribution < -0.4 is 11.1 Å². The zero-order chi connectivity index (χ0) is 11.1. The number of nitrogen functional groups attached to an aromatic ring is 1. The summed E-state index contributed by atoms with van der Waals surface area (Å²) in [6.45, 7) is 2.53. The van der Waals surface area contributed by atoms with Crippen molar-refractivity contribution in [1.29, 1.82) is 0 Å². The average Bonchev–Trinajstić information content (AvgIpc) is 2.59. The van der Waals surface area contributed by atoms with E-state index in [1.54, 1.807) is 13.1 Å². The first-order valence-corrected chi connectivity index (χ1v) is 4.66. The van der Waals surface area contributed by atoms with E-state index < -0.39 is 0 Å². The lowest BCUT2D eigenvalue weighted by Crippen LogP contribution is -2.28. The monoisotopic (exact) mass is 206 g/mol. The lowest BCUT2D eigenvalue weighted by Gasteiger charge is -2.02. The number of aromatic nitrogens is 2. The normalized spacial score (nSPS) is 9.13. The highest BCUT2D eigenvalue weighted by molar-refractivity contribution is 5.75. The molecule has 0 aliphatic carbocycles. The van der Waals surface area contributed by atoms with Gasteiger partial charge in [-0.2, -0.15) is 5.10 Å². The molecule has 1 aromatic rings. The van der Waals surface area contributed by atoms with Crippen molar-refractivity contribution in [1.82, 2.24) is 15.1 Å². The van der Waals surface area contributed by atoms with E-state index >= 15 is 0 Å². The Hall–Kier alpha value is -1.96. The average molecular weight is 206 g/mol. The summed E-state index contributed by atoms with van der Waals surface area (Å²) in [5.41, 5.74) is 6.02. The number of nitrogens with two attached hydrogens (primary N) is 1. The highest BCUT2D eigenvalue weighted by Gasteiger charge is 2.02. The topological polar surface area (TPSA) is 72.9 Å². The zero-order valence-corrected chi connectivity index (χ0v) is 8.66. The number of nitrogens with zero attached hydrogens (tertiary/aromatic N) is 2. The first-order chi connectivity index (χ1) is 7.22. The minimum absolute atomic E-state index is 0.0870. The van der Waals surface area contributed by atoms with Crippen LogP contribution in [-0.4, -0.2) is 22.2 Å². The van der Waals surface area contributed by atoms with Crippen LogP contribution in [0.3, 0.4) is 0 Å². The van der Waals surface area contributed by atoms with Gasteiger partial charge in [-0.15, -0.1) is 11.8 Å². The molecule has 0 unspecified atom stereocenters. The summed E-state index contributed by atoms with van der Waals surface area (Å²) in [7, 11) is 0. The lowest BCUT2D eigenvalue weighted by molar-refractivity contribution is -0.121. The Balaban J connectivity index is 2.26. The van der Waals surface area contributed by atoms with Crippen LogP contribution in [0.2, 0.25) is 0 Å². The van der Waals surface area contributed by atoms with Gasteiger partial charge in [-0.25, -0.2) is 0 Å². The fourth-order valence-corrected chi connectivity index (χ4v) is 1.06. The number of hydrogen-bond acceptors (Lipinski definition) is 3. The van der Waals surface area contributed by atoms with Crippen LogP contribution in [0.5, 0.6) is 0 Å². The Morgan fingerprint density at radius 2 is 2.53 bits per heavy atom. The molecule has 0 bridgehead atoms. The van der Waals surface area contributed by atoms with Crippen molar-refractivity contribution in [3.8, 4) is 11.8 Å². The van der Waals surface area contributed by atoms with Gasteiger partial charge in [-0.3, -0.25) is 9.48 Å². The molecule has 0 aromatic carbocycles. The van der Waals surface area contributed by atoms with Gasteiger partial charge < -0.3 is 11.1 Å². The van der Waals surface area contributed by atoms with Crippen LogP contribution in [0.1, 0.15) is 13.3 Å². The van der Waals surface area contributed by atoms with Crippen LogP contribution in [0.4, 0.5) is 5.69 Å². The van der Waals surface area contributed by atoms with Gasteiger partial charge in [0.05, 0.1) is 11.9 Å². The standard InChI is InChI=1S/C10H14N4O/c1-2-3-4-5-12-10(15)8-14-7-9(11)6-13-14/h6-7H,4-5,8,11H2,1H3,(H,12,15). The Morgan fingerprint density at radius 1 is 1.73 bits per heavy atom. The molecule has 0 saturated heterocycles. The Bertz CT molecular complexity index is 386. The number of anilines is 1. The first-order valence-electron chi connectivity index (χ1n) is 4.66. The quantitative estimate of drug-likeness (QED) is 0.537. The van der Waals surface area contributed by atoms with E-state index in [4.69, 9.17) is 5.73 Å². The van der Waals surface area contributed by atoms with E-state index in [1.807, 2.05) is 0 Å². The van der Waals surface area contributed by atoms with Gasteiger partial charge in [0, 0.05) is 19.2 Å². The third kappa shape index (κ3) is 4.18. The van der Waals surface area contributed by atoms with Crippen molar-refractivity contribution in [3.63, 3.8) is 0 Å². The fourth-order valence-electron chi connectivity index (χ4n) is 1.06. The fraction of sp³-hybridized carbons (Fsp3) is 0.400. The summed E-state index contributed by atoms with van der Waals surface area (Å²) in [5.74, 6) is 5.54. The van der Waals surface area contributed by atoms with Crippen molar-refractivity contribution in [2.45, 2.75) is 19.9 Å². The van der Waals surface area contributed by atoms with Crippen molar-refractivity contribution in [3.05, 3.63) is 12.4 Å². The van der Waals surface area contributed by atoms with Gasteiger partial charge in [-0.05, 0) is 6.92 Å². The molecule has 0 aliphatic heterocycles. The van der Waals surface area contributed by atoms with Crippen LogP contribution in [0.25, 0.3) is 0 Å². The van der Waals surface area contributed by atoms with Gasteiger partial charge in [-0.1, -0.05) is 0 Å². The van der Waals surface area contributed by atoms with Gasteiger partial charge in [0.2, 0.25) is 5.91 Å². The minimum Gasteiger partial charge on any atom is -0.396 e. The molecular formula is C10H14N4O. The van der Waals surface area contributed by atoms with E-state index in [1.165, 1.54) is 10.9 Å². The number of carbonyl (C=O) groups excluding carboxylic acids is 1. The lowest BCUT2D eigenvalue weighted by atomic mass is 10.4. The van der Waals surface area contributed by atoms with Crippen molar-refractivity contribution >= 4 is 11.6 Å². The highest BCUT2D eigenvalue weighted by atomic mass is 16.2. The molecule has 5 heteroatoms. The number of rotatable bonds is 4. The van der Waals surface area contributed by atoms with Crippen LogP contribution in [0.15, 0.2) is 12.4 Å². The van der Waals surface area contributed by atoms with Gasteiger partial charge >= 0.3 is 0 Å². The van der Waals surface area contributed by atoms with E-state index in [9.17, 15) is 4.79 Å². The van der Waals surface area contributed by atoms with Crippen LogP contribution >= 0.6 is 0 Å². The molecule has 0 atom stereocenters. The summed E-state index contributed by atoms with van der Waals surface area (Å²) in [6.07, 6.45) is 3.80. The zero-order valence-electron chi connectivity index (χ0n) is 8.66. The molecular weight excluding hydrogens is 192 g/mol. The van der Waals surface area contributed by atoms with Gasteiger partial charge in [0.25, 0.3) is 0 Å². The molecule has 15 heavy (non-hydrogen) atoms. The third-order valence-electron chi connectivity index (χ3n) is 1.71. The molecule has 0 saturated carbocycles. The maximum absolute atomic E-state index is 11.3. The second-order valence-corrected chi connectivity index (χ2v) is 3.00. The molecule has 1 aromatic heterocycles. The SMILES string of the molecule is CC#CCCNC(=O)Cn1cc(N)cn1. The number of amides is 1. The molecule has 1 rings (SSSR count). The Morgan fingerprint density at radius 3 is 3.13 bits per heavy atom. The largest absolute Gasteiger partial charge is 0.396 e. The molecule has 1 heterocycles. The van der Waals surface area contributed by atoms with Crippen molar-refractivity contribution < 1.29 is 4.79 Å². The molecule has 5 nitrogen and oxygen atoms in total. The van der Waals surface area contributed by atoms with E-state index in [0.29, 0.717) is 18.7 Å². The Kier molecular flexibility index (Phi) is 4.23. The van der Waals surface area contributed by atoms with Crippen molar-refractivity contribution in [2.75, 3.05) is 12.3 Å². The number of nitrogens with one attached hydrogen (secondary N) is 1. The second kappa shape index (κ2) is 5.70. The number of hydrogen-bond donors (Lipinski definition) is 2. The summed E-state index contributed by atoms with van der Waals surface area (Å²) < 4.78 is 1.50. The van der Waals surface area contributed by atoms with Crippen LogP contribution in [-0.2, 0) is 11.3 Å². The van der Waals surface area contributed by atoms with Crippen molar-refractivity contribution in [2.24, 2.45) is 0 Å². The second-order valence-electron chi connectivity index (χ2n) is 3.00. The summed E-state index contributed by atoms with van der Waals surface area (Å²) in [6, 6.07) is 0. The minimum atomic E-state index is -0.0870. The first kappa shape index (κ1) is 11.1. The Labute approximate surface area is 88.6 Å².